The van der Waals surface area contributed by atoms with Crippen molar-refractivity contribution in [3.05, 3.63) is 90.6 Å². The second kappa shape index (κ2) is 10.1. The van der Waals surface area contributed by atoms with Gasteiger partial charge in [0.2, 0.25) is 11.8 Å². The Balaban J connectivity index is 1.49. The molecule has 0 N–H and O–H groups in total. The Morgan fingerprint density at radius 2 is 1.63 bits per heavy atom. The van der Waals surface area contributed by atoms with Crippen LogP contribution in [0.15, 0.2) is 88.4 Å². The Kier molecular flexibility index (Phi) is 6.58. The van der Waals surface area contributed by atoms with Gasteiger partial charge in [-0.25, -0.2) is 4.39 Å². The van der Waals surface area contributed by atoms with Crippen molar-refractivity contribution < 1.29 is 13.5 Å². The van der Waals surface area contributed by atoms with E-state index in [0.717, 1.165) is 16.9 Å². The van der Waals surface area contributed by atoms with Gasteiger partial charge in [0.25, 0.3) is 0 Å². The summed E-state index contributed by atoms with van der Waals surface area (Å²) < 4.78 is 28.1. The summed E-state index contributed by atoms with van der Waals surface area (Å²) in [5.41, 5.74) is 1.98. The topological polar surface area (TPSA) is 78.9 Å². The molecule has 0 saturated heterocycles. The third-order valence-electron chi connectivity index (χ3n) is 5.24. The highest BCUT2D eigenvalue weighted by Gasteiger charge is 2.23. The molecule has 0 spiro atoms. The molecule has 5 aromatic rings. The van der Waals surface area contributed by atoms with Crippen molar-refractivity contribution in [2.75, 3.05) is 6.61 Å². The third kappa shape index (κ3) is 4.81. The Morgan fingerprint density at radius 1 is 0.886 bits per heavy atom. The van der Waals surface area contributed by atoms with Crippen LogP contribution in [0.2, 0.25) is 0 Å². The van der Waals surface area contributed by atoms with Crippen LogP contribution < -0.4 is 4.74 Å². The summed E-state index contributed by atoms with van der Waals surface area (Å²) in [6, 6.07) is 23.6. The van der Waals surface area contributed by atoms with E-state index in [1.165, 1.54) is 17.8 Å². The molecular weight excluding hydrogens is 465 g/mol. The summed E-state index contributed by atoms with van der Waals surface area (Å²) in [6.45, 7) is 4.44. The number of hydrogen-bond acceptors (Lipinski definition) is 7. The molecule has 0 fully saturated rings. The van der Waals surface area contributed by atoms with Gasteiger partial charge < -0.3 is 9.15 Å². The average molecular weight is 488 g/mol. The molecule has 0 aliphatic carbocycles. The first-order valence-corrected chi connectivity index (χ1v) is 12.0. The molecule has 176 valence electrons. The van der Waals surface area contributed by atoms with Crippen LogP contribution in [-0.2, 0) is 0 Å². The lowest BCUT2D eigenvalue weighted by molar-refractivity contribution is 0.340. The van der Waals surface area contributed by atoms with E-state index in [1.54, 1.807) is 22.8 Å². The van der Waals surface area contributed by atoms with Crippen LogP contribution in [0, 0.1) is 5.82 Å². The highest BCUT2D eigenvalue weighted by molar-refractivity contribution is 7.99. The minimum absolute atomic E-state index is 0.247. The molecule has 0 amide bonds. The summed E-state index contributed by atoms with van der Waals surface area (Å²) >= 11 is 1.36. The minimum atomic E-state index is -0.377. The SMILES string of the molecule is CCOc1ccc(-c2nnc(S[C@@H](C)c3nnc(-c4ccccc4)o3)n2-c2ccccc2F)cc1. The maximum atomic E-state index is 14.9. The van der Waals surface area contributed by atoms with Crippen molar-refractivity contribution in [3.63, 3.8) is 0 Å². The zero-order chi connectivity index (χ0) is 24.2. The van der Waals surface area contributed by atoms with Crippen molar-refractivity contribution in [1.29, 1.82) is 0 Å². The Labute approximate surface area is 206 Å². The number of benzene rings is 3. The Morgan fingerprint density at radius 3 is 2.37 bits per heavy atom. The zero-order valence-corrected chi connectivity index (χ0v) is 19.9. The fourth-order valence-corrected chi connectivity index (χ4v) is 4.45. The van der Waals surface area contributed by atoms with Gasteiger partial charge in [0.1, 0.15) is 11.6 Å². The zero-order valence-electron chi connectivity index (χ0n) is 19.1. The van der Waals surface area contributed by atoms with Crippen LogP contribution in [0.5, 0.6) is 5.75 Å². The molecule has 0 aliphatic rings. The van der Waals surface area contributed by atoms with Crippen LogP contribution in [0.3, 0.4) is 0 Å². The lowest BCUT2D eigenvalue weighted by Crippen LogP contribution is -2.03. The quantitative estimate of drug-likeness (QED) is 0.235. The van der Waals surface area contributed by atoms with Crippen LogP contribution in [0.1, 0.15) is 25.0 Å². The van der Waals surface area contributed by atoms with Gasteiger partial charge in [-0.05, 0) is 62.4 Å². The first-order valence-electron chi connectivity index (χ1n) is 11.1. The van der Waals surface area contributed by atoms with Crippen molar-refractivity contribution >= 4 is 11.8 Å². The fraction of sp³-hybridized carbons (Fsp3) is 0.154. The van der Waals surface area contributed by atoms with Crippen LogP contribution >= 0.6 is 11.8 Å². The fourth-order valence-electron chi connectivity index (χ4n) is 3.56. The van der Waals surface area contributed by atoms with Gasteiger partial charge in [-0.2, -0.15) is 0 Å². The lowest BCUT2D eigenvalue weighted by Gasteiger charge is -2.13. The molecule has 0 radical (unpaired) electrons. The Bertz CT molecular complexity index is 1420. The molecule has 35 heavy (non-hydrogen) atoms. The summed E-state index contributed by atoms with van der Waals surface area (Å²) in [7, 11) is 0. The molecule has 2 heterocycles. The van der Waals surface area contributed by atoms with E-state index < -0.39 is 0 Å². The van der Waals surface area contributed by atoms with Gasteiger partial charge in [0.05, 0.1) is 17.5 Å². The molecule has 5 rings (SSSR count). The van der Waals surface area contributed by atoms with Crippen molar-refractivity contribution in [1.82, 2.24) is 25.0 Å². The first kappa shape index (κ1) is 22.8. The average Bonchev–Trinajstić information content (AvgIpc) is 3.54. The number of nitrogens with zero attached hydrogens (tertiary/aromatic N) is 5. The molecular formula is C26H22FN5O2S. The second-order valence-electron chi connectivity index (χ2n) is 7.62. The molecule has 9 heteroatoms. The van der Waals surface area contributed by atoms with E-state index >= 15 is 0 Å². The molecule has 2 aromatic heterocycles. The monoisotopic (exact) mass is 487 g/mol. The predicted octanol–water partition coefficient (Wildman–Crippen LogP) is 6.38. The van der Waals surface area contributed by atoms with Crippen LogP contribution in [0.4, 0.5) is 4.39 Å². The van der Waals surface area contributed by atoms with Gasteiger partial charge in [0, 0.05) is 11.1 Å². The second-order valence-corrected chi connectivity index (χ2v) is 8.93. The van der Waals surface area contributed by atoms with Gasteiger partial charge >= 0.3 is 0 Å². The van der Waals surface area contributed by atoms with Crippen molar-refractivity contribution in [3.8, 4) is 34.3 Å². The normalized spacial score (nSPS) is 12.0. The van der Waals surface area contributed by atoms with E-state index in [4.69, 9.17) is 9.15 Å². The van der Waals surface area contributed by atoms with Gasteiger partial charge in [-0.15, -0.1) is 20.4 Å². The first-order chi connectivity index (χ1) is 17.1. The van der Waals surface area contributed by atoms with Gasteiger partial charge in [0.15, 0.2) is 11.0 Å². The van der Waals surface area contributed by atoms with Crippen LogP contribution in [0.25, 0.3) is 28.5 Å². The van der Waals surface area contributed by atoms with Gasteiger partial charge in [-0.3, -0.25) is 4.57 Å². The minimum Gasteiger partial charge on any atom is -0.494 e. The highest BCUT2D eigenvalue weighted by atomic mass is 32.2. The van der Waals surface area contributed by atoms with E-state index in [2.05, 4.69) is 20.4 Å². The van der Waals surface area contributed by atoms with Crippen LogP contribution in [-0.4, -0.2) is 31.6 Å². The number of rotatable bonds is 8. The smallest absolute Gasteiger partial charge is 0.247 e. The molecule has 3 aromatic carbocycles. The number of thioether (sulfide) groups is 1. The summed E-state index contributed by atoms with van der Waals surface area (Å²) in [6.07, 6.45) is 0. The molecule has 0 aliphatic heterocycles. The number of hydrogen-bond donors (Lipinski definition) is 0. The summed E-state index contributed by atoms with van der Waals surface area (Å²) in [5, 5.41) is 17.4. The maximum absolute atomic E-state index is 14.9. The van der Waals surface area contributed by atoms with Crippen molar-refractivity contribution in [2.45, 2.75) is 24.3 Å². The van der Waals surface area contributed by atoms with E-state index in [0.29, 0.717) is 35.1 Å². The molecule has 0 saturated carbocycles. The summed E-state index contributed by atoms with van der Waals surface area (Å²) in [5.74, 6) is 1.78. The largest absolute Gasteiger partial charge is 0.494 e. The van der Waals surface area contributed by atoms with E-state index in [1.807, 2.05) is 68.4 Å². The maximum Gasteiger partial charge on any atom is 0.247 e. The predicted molar refractivity (Wildman–Crippen MR) is 132 cm³/mol. The van der Waals surface area contributed by atoms with E-state index in [-0.39, 0.29) is 11.1 Å². The number of aromatic nitrogens is 5. The number of ether oxygens (including phenoxy) is 1. The lowest BCUT2D eigenvalue weighted by atomic mass is 10.2. The molecule has 1 atom stereocenters. The van der Waals surface area contributed by atoms with Gasteiger partial charge in [-0.1, -0.05) is 42.1 Å². The van der Waals surface area contributed by atoms with Crippen molar-refractivity contribution in [2.24, 2.45) is 0 Å². The molecule has 0 unspecified atom stereocenters. The van der Waals surface area contributed by atoms with E-state index in [9.17, 15) is 4.39 Å². The molecule has 7 nitrogen and oxygen atoms in total. The number of halogens is 1. The third-order valence-corrected chi connectivity index (χ3v) is 6.27. The summed E-state index contributed by atoms with van der Waals surface area (Å²) in [4.78, 5) is 0. The Hall–Kier alpha value is -3.98. The molecule has 0 bridgehead atoms. The highest BCUT2D eigenvalue weighted by Crippen LogP contribution is 2.37. The number of para-hydroxylation sites is 1. The standard InChI is InChI=1S/C26H22FN5O2S/c1-3-33-20-15-13-18(14-16-20)23-28-31-26(32(23)22-12-8-7-11-21(22)27)35-17(2)24-29-30-25(34-24)19-9-5-4-6-10-19/h4-17H,3H2,1-2H3/t17-/m0/s1.